The molecule has 0 radical (unpaired) electrons. The number of alkyl carbamates (subject to hydrolysis) is 1. The number of nitrogens with zero attached hydrogens (tertiary/aromatic N) is 3. The predicted octanol–water partition coefficient (Wildman–Crippen LogP) is 4.03. The largest absolute Gasteiger partial charge is 0.467 e. The third-order valence-electron chi connectivity index (χ3n) is 9.78. The summed E-state index contributed by atoms with van der Waals surface area (Å²) in [5.41, 5.74) is 1.28. The molecule has 2 aliphatic heterocycles. The lowest BCUT2D eigenvalue weighted by atomic mass is 9.96. The lowest BCUT2D eigenvalue weighted by Crippen LogP contribution is -2.55. The number of allylic oxidation sites excluding steroid dienone is 2. The van der Waals surface area contributed by atoms with Crippen LogP contribution in [-0.2, 0) is 25.6 Å². The summed E-state index contributed by atoms with van der Waals surface area (Å²) in [6.07, 6.45) is 10.7. The van der Waals surface area contributed by atoms with Crippen LogP contribution in [0.2, 0.25) is 0 Å². The number of aryl methyl sites for hydroxylation is 1. The zero-order chi connectivity index (χ0) is 30.8. The van der Waals surface area contributed by atoms with Crippen molar-refractivity contribution in [3.05, 3.63) is 46.3 Å². The minimum Gasteiger partial charge on any atom is -0.467 e. The van der Waals surface area contributed by atoms with Gasteiger partial charge < -0.3 is 24.4 Å². The second kappa shape index (κ2) is 13.0. The Morgan fingerprint density at radius 3 is 2.59 bits per heavy atom. The van der Waals surface area contributed by atoms with Gasteiger partial charge in [-0.2, -0.15) is 4.98 Å². The maximum atomic E-state index is 14.2. The molecule has 1 aromatic carbocycles. The minimum absolute atomic E-state index is 0.0565. The Hall–Kier alpha value is -3.89. The van der Waals surface area contributed by atoms with E-state index in [0.29, 0.717) is 10.9 Å². The van der Waals surface area contributed by atoms with Crippen LogP contribution >= 0.6 is 0 Å². The number of aromatic nitrogens is 2. The van der Waals surface area contributed by atoms with Crippen molar-refractivity contribution in [3.63, 3.8) is 0 Å². The van der Waals surface area contributed by atoms with E-state index in [0.717, 1.165) is 63.4 Å². The summed E-state index contributed by atoms with van der Waals surface area (Å²) in [5, 5.41) is 3.41. The lowest BCUT2D eigenvalue weighted by Gasteiger charge is -2.31. The second-order valence-corrected chi connectivity index (χ2v) is 12.7. The molecule has 4 aliphatic rings. The van der Waals surface area contributed by atoms with Crippen LogP contribution in [0.1, 0.15) is 69.8 Å². The minimum atomic E-state index is -0.900. The highest BCUT2D eigenvalue weighted by molar-refractivity contribution is 5.90. The van der Waals surface area contributed by atoms with Crippen molar-refractivity contribution in [3.8, 4) is 6.01 Å². The maximum Gasteiger partial charge on any atom is 0.408 e. The Labute approximate surface area is 256 Å². The lowest BCUT2D eigenvalue weighted by molar-refractivity contribution is -0.152. The molecule has 11 nitrogen and oxygen atoms in total. The number of carbonyl (C=O) groups is 3. The Balaban J connectivity index is 1.38. The van der Waals surface area contributed by atoms with Crippen molar-refractivity contribution in [1.82, 2.24) is 19.8 Å². The van der Waals surface area contributed by atoms with E-state index >= 15 is 0 Å². The van der Waals surface area contributed by atoms with Crippen LogP contribution in [0.5, 0.6) is 6.01 Å². The average Bonchev–Trinajstić information content (AvgIpc) is 3.78. The predicted molar refractivity (Wildman–Crippen MR) is 162 cm³/mol. The van der Waals surface area contributed by atoms with Gasteiger partial charge in [0.25, 0.3) is 11.6 Å². The number of ether oxygens (including phenoxy) is 3. The van der Waals surface area contributed by atoms with Gasteiger partial charge in [-0.1, -0.05) is 31.1 Å². The zero-order valence-corrected chi connectivity index (χ0v) is 25.5. The van der Waals surface area contributed by atoms with Gasteiger partial charge in [0.15, 0.2) is 0 Å². The Bertz CT molecular complexity index is 1500. The molecule has 1 N–H and O–H groups in total. The van der Waals surface area contributed by atoms with E-state index in [1.807, 2.05) is 31.2 Å². The number of fused-ring (bicyclic) bond motifs is 5. The van der Waals surface area contributed by atoms with Crippen molar-refractivity contribution in [2.45, 2.75) is 102 Å². The third-order valence-corrected chi connectivity index (χ3v) is 9.78. The van der Waals surface area contributed by atoms with Crippen molar-refractivity contribution >= 4 is 28.9 Å². The standard InChI is InChI=1S/C33H42N4O7/c1-20-14-15-24-25(17-20)34-32-36(29(24)38)16-7-3-4-9-21-12-8-13-27(21)44-33(41)35-28(22-10-5-6-11-22)30(39)37-19-23(43-32)18-26(37)31(40)42-2/h3,7,14-15,17,21-23,26-28H,4-6,8-13,16,18-19H2,1-2H3,(H,35,41)/b7-3-/t21-,23-,26+,27-,28+/m1/s1. The fourth-order valence-corrected chi connectivity index (χ4v) is 7.44. The van der Waals surface area contributed by atoms with Crippen LogP contribution in [0.3, 0.4) is 0 Å². The molecule has 3 heterocycles. The van der Waals surface area contributed by atoms with E-state index in [2.05, 4.69) is 5.32 Å². The molecule has 0 unspecified atom stereocenters. The molecule has 6 rings (SSSR count). The summed E-state index contributed by atoms with van der Waals surface area (Å²) in [6.45, 7) is 2.28. The van der Waals surface area contributed by atoms with Crippen LogP contribution in [0.4, 0.5) is 4.79 Å². The van der Waals surface area contributed by atoms with Crippen LogP contribution in [0, 0.1) is 18.8 Å². The Morgan fingerprint density at radius 1 is 1.00 bits per heavy atom. The molecule has 2 amide bonds. The normalized spacial score (nSPS) is 29.1. The fourth-order valence-electron chi connectivity index (χ4n) is 7.44. The first kappa shape index (κ1) is 30.1. The maximum absolute atomic E-state index is 14.2. The van der Waals surface area contributed by atoms with E-state index in [9.17, 15) is 19.2 Å². The molecule has 2 aliphatic carbocycles. The van der Waals surface area contributed by atoms with Gasteiger partial charge in [0.05, 0.1) is 24.6 Å². The number of benzene rings is 1. The first-order chi connectivity index (χ1) is 21.3. The summed E-state index contributed by atoms with van der Waals surface area (Å²) in [4.78, 5) is 60.3. The van der Waals surface area contributed by atoms with Gasteiger partial charge in [0.2, 0.25) is 5.91 Å². The SMILES string of the molecule is COC(=O)[C@@H]1C[C@@H]2CN1C(=O)[C@H](C1CCCC1)NC(=O)O[C@@H]1CCC[C@H]1CC/C=C\Cn1c(nc3cc(C)ccc3c1=O)O2. The van der Waals surface area contributed by atoms with Gasteiger partial charge in [-0.15, -0.1) is 0 Å². The summed E-state index contributed by atoms with van der Waals surface area (Å²) >= 11 is 0. The smallest absolute Gasteiger partial charge is 0.408 e. The van der Waals surface area contributed by atoms with Crippen LogP contribution in [0.25, 0.3) is 10.9 Å². The highest BCUT2D eigenvalue weighted by Gasteiger charge is 2.46. The number of methoxy groups -OCH3 is 1. The molecule has 3 fully saturated rings. The summed E-state index contributed by atoms with van der Waals surface area (Å²) in [6, 6.07) is 3.94. The summed E-state index contributed by atoms with van der Waals surface area (Å²) < 4.78 is 18.9. The number of hydrogen-bond donors (Lipinski definition) is 1. The number of carbonyl (C=O) groups excluding carboxylic acids is 3. The monoisotopic (exact) mass is 606 g/mol. The topological polar surface area (TPSA) is 129 Å². The molecular weight excluding hydrogens is 564 g/mol. The third kappa shape index (κ3) is 6.19. The quantitative estimate of drug-likeness (QED) is 0.401. The van der Waals surface area contributed by atoms with Crippen molar-refractivity contribution in [1.29, 1.82) is 0 Å². The molecule has 1 saturated heterocycles. The Morgan fingerprint density at radius 2 is 1.80 bits per heavy atom. The van der Waals surface area contributed by atoms with Gasteiger partial charge in [-0.25, -0.2) is 9.59 Å². The zero-order valence-electron chi connectivity index (χ0n) is 25.5. The molecule has 44 heavy (non-hydrogen) atoms. The number of hydrogen-bond acceptors (Lipinski definition) is 8. The van der Waals surface area contributed by atoms with Crippen LogP contribution in [-0.4, -0.2) is 70.4 Å². The molecule has 5 atom stereocenters. The van der Waals surface area contributed by atoms with Gasteiger partial charge in [-0.3, -0.25) is 14.2 Å². The van der Waals surface area contributed by atoms with E-state index in [-0.39, 0.29) is 54.9 Å². The summed E-state index contributed by atoms with van der Waals surface area (Å²) in [7, 11) is 1.29. The highest BCUT2D eigenvalue weighted by Crippen LogP contribution is 2.34. The van der Waals surface area contributed by atoms with Gasteiger partial charge >= 0.3 is 12.1 Å². The molecule has 0 spiro atoms. The average molecular weight is 607 g/mol. The van der Waals surface area contributed by atoms with Gasteiger partial charge in [0, 0.05) is 13.0 Å². The molecule has 2 saturated carbocycles. The van der Waals surface area contributed by atoms with Crippen LogP contribution in [0.15, 0.2) is 35.1 Å². The number of nitrogens with one attached hydrogen (secondary N) is 1. The highest BCUT2D eigenvalue weighted by atomic mass is 16.6. The molecule has 1 aromatic heterocycles. The first-order valence-corrected chi connectivity index (χ1v) is 16.0. The van der Waals surface area contributed by atoms with Gasteiger partial charge in [-0.05, 0) is 81.4 Å². The molecule has 2 bridgehead atoms. The van der Waals surface area contributed by atoms with Crippen molar-refractivity contribution < 1.29 is 28.6 Å². The van der Waals surface area contributed by atoms with Crippen LogP contribution < -0.4 is 15.6 Å². The van der Waals surface area contributed by atoms with Crippen molar-refractivity contribution in [2.75, 3.05) is 13.7 Å². The van der Waals surface area contributed by atoms with E-state index < -0.39 is 30.3 Å². The van der Waals surface area contributed by atoms with E-state index in [1.54, 1.807) is 6.07 Å². The molecular formula is C33H42N4O7. The second-order valence-electron chi connectivity index (χ2n) is 12.7. The molecule has 2 aromatic rings. The number of rotatable bonds is 2. The van der Waals surface area contributed by atoms with Crippen molar-refractivity contribution in [2.24, 2.45) is 11.8 Å². The van der Waals surface area contributed by atoms with Gasteiger partial charge in [0.1, 0.15) is 24.3 Å². The molecule has 236 valence electrons. The van der Waals surface area contributed by atoms with E-state index in [1.165, 1.54) is 16.6 Å². The number of esters is 1. The van der Waals surface area contributed by atoms with E-state index in [4.69, 9.17) is 19.2 Å². The Kier molecular flexibility index (Phi) is 8.91. The molecule has 11 heteroatoms. The number of amides is 2. The fraction of sp³-hybridized carbons (Fsp3) is 0.606. The first-order valence-electron chi connectivity index (χ1n) is 16.0. The summed E-state index contributed by atoms with van der Waals surface area (Å²) in [5.74, 6) is -0.736.